The number of esters is 1. The van der Waals surface area contributed by atoms with E-state index in [0.717, 1.165) is 0 Å². The largest absolute Gasteiger partial charge is 0.504 e. The highest BCUT2D eigenvalue weighted by molar-refractivity contribution is 6.13. The van der Waals surface area contributed by atoms with Gasteiger partial charge in [0.2, 0.25) is 5.90 Å². The number of aromatic hydroxyl groups is 4. The summed E-state index contributed by atoms with van der Waals surface area (Å²) < 4.78 is 5.02. The minimum Gasteiger partial charge on any atom is -0.504 e. The van der Waals surface area contributed by atoms with Crippen molar-refractivity contribution in [3.63, 3.8) is 0 Å². The fourth-order valence-electron chi connectivity index (χ4n) is 1.98. The Hall–Kier alpha value is -3.48. The van der Waals surface area contributed by atoms with Gasteiger partial charge in [0.1, 0.15) is 0 Å². The van der Waals surface area contributed by atoms with E-state index in [4.69, 9.17) is 4.74 Å². The van der Waals surface area contributed by atoms with Crippen LogP contribution in [0, 0.1) is 0 Å². The summed E-state index contributed by atoms with van der Waals surface area (Å²) >= 11 is 0. The average molecular weight is 313 g/mol. The maximum absolute atomic E-state index is 11.8. The lowest BCUT2D eigenvalue weighted by atomic mass is 10.1. The van der Waals surface area contributed by atoms with Crippen molar-refractivity contribution in [1.29, 1.82) is 0 Å². The van der Waals surface area contributed by atoms with Crippen LogP contribution in [0.5, 0.6) is 23.0 Å². The molecule has 7 heteroatoms. The molecule has 0 unspecified atom stereocenters. The maximum atomic E-state index is 11.8. The Morgan fingerprint density at radius 2 is 1.52 bits per heavy atom. The van der Waals surface area contributed by atoms with Crippen molar-refractivity contribution in [2.24, 2.45) is 4.99 Å². The van der Waals surface area contributed by atoms with Crippen LogP contribution in [0.25, 0.3) is 6.08 Å². The standard InChI is InChI=1S/C16H11NO6/c18-11-3-1-8(6-13(11)20)5-10-16(22)23-15(17-10)9-2-4-12(19)14(21)7-9/h1-7,18-21H/b10-5+. The van der Waals surface area contributed by atoms with Gasteiger partial charge in [0.05, 0.1) is 0 Å². The summed E-state index contributed by atoms with van der Waals surface area (Å²) in [5, 5.41) is 37.5. The van der Waals surface area contributed by atoms with Crippen molar-refractivity contribution in [3.8, 4) is 23.0 Å². The number of hydrogen-bond acceptors (Lipinski definition) is 7. The van der Waals surface area contributed by atoms with Crippen LogP contribution in [0.4, 0.5) is 0 Å². The van der Waals surface area contributed by atoms with Gasteiger partial charge in [-0.05, 0) is 42.0 Å². The fraction of sp³-hybridized carbons (Fsp3) is 0. The molecule has 23 heavy (non-hydrogen) atoms. The van der Waals surface area contributed by atoms with Crippen LogP contribution >= 0.6 is 0 Å². The van der Waals surface area contributed by atoms with Crippen molar-refractivity contribution in [3.05, 3.63) is 53.2 Å². The van der Waals surface area contributed by atoms with E-state index < -0.39 is 5.97 Å². The third-order valence-electron chi connectivity index (χ3n) is 3.15. The highest BCUT2D eigenvalue weighted by Crippen LogP contribution is 2.29. The number of carbonyl (C=O) groups is 1. The van der Waals surface area contributed by atoms with Crippen LogP contribution in [-0.2, 0) is 9.53 Å². The highest BCUT2D eigenvalue weighted by atomic mass is 16.6. The van der Waals surface area contributed by atoms with Crippen LogP contribution in [-0.4, -0.2) is 32.3 Å². The van der Waals surface area contributed by atoms with Crippen LogP contribution < -0.4 is 0 Å². The van der Waals surface area contributed by atoms with Gasteiger partial charge in [-0.25, -0.2) is 9.79 Å². The Balaban J connectivity index is 1.95. The molecule has 0 spiro atoms. The number of carbonyl (C=O) groups excluding carboxylic acids is 1. The van der Waals surface area contributed by atoms with E-state index in [-0.39, 0.29) is 34.6 Å². The number of benzene rings is 2. The van der Waals surface area contributed by atoms with Crippen LogP contribution in [0.2, 0.25) is 0 Å². The van der Waals surface area contributed by atoms with Gasteiger partial charge < -0.3 is 25.2 Å². The average Bonchev–Trinajstić information content (AvgIpc) is 2.87. The molecule has 1 heterocycles. The minimum absolute atomic E-state index is 0.00217. The van der Waals surface area contributed by atoms with E-state index in [1.54, 1.807) is 0 Å². The van der Waals surface area contributed by atoms with Crippen LogP contribution in [0.15, 0.2) is 47.1 Å². The number of aliphatic imine (C=N–C) groups is 1. The Morgan fingerprint density at radius 1 is 0.870 bits per heavy atom. The number of nitrogens with zero attached hydrogens (tertiary/aromatic N) is 1. The van der Waals surface area contributed by atoms with Gasteiger partial charge in [0.25, 0.3) is 0 Å². The zero-order valence-corrected chi connectivity index (χ0v) is 11.6. The molecule has 4 N–H and O–H groups in total. The van der Waals surface area contributed by atoms with Gasteiger partial charge in [-0.3, -0.25) is 0 Å². The number of rotatable bonds is 2. The summed E-state index contributed by atoms with van der Waals surface area (Å²) in [5.74, 6) is -1.96. The van der Waals surface area contributed by atoms with Crippen molar-refractivity contribution in [1.82, 2.24) is 0 Å². The van der Waals surface area contributed by atoms with Gasteiger partial charge in [0.15, 0.2) is 28.7 Å². The second-order valence-electron chi connectivity index (χ2n) is 4.79. The molecule has 7 nitrogen and oxygen atoms in total. The smallest absolute Gasteiger partial charge is 0.363 e. The second-order valence-corrected chi connectivity index (χ2v) is 4.79. The molecule has 0 radical (unpaired) electrons. The van der Waals surface area contributed by atoms with E-state index in [1.165, 1.54) is 42.5 Å². The molecule has 3 rings (SSSR count). The van der Waals surface area contributed by atoms with E-state index in [1.807, 2.05) is 0 Å². The molecular weight excluding hydrogens is 302 g/mol. The van der Waals surface area contributed by atoms with Gasteiger partial charge >= 0.3 is 5.97 Å². The lowest BCUT2D eigenvalue weighted by Gasteiger charge is -2.01. The topological polar surface area (TPSA) is 120 Å². The summed E-state index contributed by atoms with van der Waals surface area (Å²) in [5.41, 5.74) is 0.772. The van der Waals surface area contributed by atoms with Crippen molar-refractivity contribution in [2.75, 3.05) is 0 Å². The molecule has 1 aliphatic heterocycles. The Kier molecular flexibility index (Phi) is 3.38. The summed E-state index contributed by atoms with van der Waals surface area (Å²) in [7, 11) is 0. The first-order chi connectivity index (χ1) is 10.9. The SMILES string of the molecule is O=C1OC(c2ccc(O)c(O)c2)=N/C1=C/c1ccc(O)c(O)c1. The van der Waals surface area contributed by atoms with Crippen LogP contribution in [0.3, 0.4) is 0 Å². The van der Waals surface area contributed by atoms with Crippen molar-refractivity contribution in [2.45, 2.75) is 0 Å². The lowest BCUT2D eigenvalue weighted by Crippen LogP contribution is -2.05. The molecule has 0 saturated heterocycles. The predicted octanol–water partition coefficient (Wildman–Crippen LogP) is 1.85. The predicted molar refractivity (Wildman–Crippen MR) is 80.1 cm³/mol. The zero-order chi connectivity index (χ0) is 16.6. The van der Waals surface area contributed by atoms with Gasteiger partial charge in [0, 0.05) is 5.56 Å². The van der Waals surface area contributed by atoms with Crippen LogP contribution in [0.1, 0.15) is 11.1 Å². The summed E-state index contributed by atoms with van der Waals surface area (Å²) in [6, 6.07) is 7.96. The number of cyclic esters (lactones) is 1. The van der Waals surface area contributed by atoms with Gasteiger partial charge in [-0.2, -0.15) is 0 Å². The molecule has 2 aromatic carbocycles. The highest BCUT2D eigenvalue weighted by Gasteiger charge is 2.24. The Labute approximate surface area is 130 Å². The molecule has 0 aliphatic carbocycles. The molecule has 0 bridgehead atoms. The van der Waals surface area contributed by atoms with Gasteiger partial charge in [-0.15, -0.1) is 0 Å². The summed E-state index contributed by atoms with van der Waals surface area (Å²) in [6.45, 7) is 0. The third-order valence-corrected chi connectivity index (χ3v) is 3.15. The number of phenolic OH excluding ortho intramolecular Hbond substituents is 4. The molecule has 0 fully saturated rings. The summed E-state index contributed by atoms with van der Waals surface area (Å²) in [6.07, 6.45) is 1.38. The summed E-state index contributed by atoms with van der Waals surface area (Å²) in [4.78, 5) is 15.9. The first kappa shape index (κ1) is 14.5. The maximum Gasteiger partial charge on any atom is 0.363 e. The molecular formula is C16H11NO6. The third kappa shape index (κ3) is 2.80. The number of hydrogen-bond donors (Lipinski definition) is 4. The molecule has 0 saturated carbocycles. The monoisotopic (exact) mass is 313 g/mol. The molecule has 0 aromatic heterocycles. The second kappa shape index (κ2) is 5.38. The first-order valence-electron chi connectivity index (χ1n) is 6.51. The Morgan fingerprint density at radius 3 is 2.17 bits per heavy atom. The van der Waals surface area contributed by atoms with Crippen molar-refractivity contribution < 1.29 is 30.0 Å². The van der Waals surface area contributed by atoms with E-state index in [0.29, 0.717) is 11.1 Å². The zero-order valence-electron chi connectivity index (χ0n) is 11.6. The normalized spacial score (nSPS) is 15.6. The lowest BCUT2D eigenvalue weighted by molar-refractivity contribution is -0.129. The number of ether oxygens (including phenoxy) is 1. The van der Waals surface area contributed by atoms with Gasteiger partial charge in [-0.1, -0.05) is 6.07 Å². The van der Waals surface area contributed by atoms with E-state index >= 15 is 0 Å². The molecule has 1 aliphatic rings. The molecule has 0 amide bonds. The first-order valence-corrected chi connectivity index (χ1v) is 6.51. The number of phenols is 4. The molecule has 116 valence electrons. The van der Waals surface area contributed by atoms with E-state index in [9.17, 15) is 25.2 Å². The quantitative estimate of drug-likeness (QED) is 0.381. The minimum atomic E-state index is -0.694. The Bertz CT molecular complexity index is 869. The van der Waals surface area contributed by atoms with E-state index in [2.05, 4.69) is 4.99 Å². The molecule has 2 aromatic rings. The van der Waals surface area contributed by atoms with Crippen molar-refractivity contribution >= 4 is 17.9 Å². The fourth-order valence-corrected chi connectivity index (χ4v) is 1.98. The molecule has 0 atom stereocenters.